The average molecular weight is 338 g/mol. The van der Waals surface area contributed by atoms with E-state index in [1.54, 1.807) is 0 Å². The van der Waals surface area contributed by atoms with Gasteiger partial charge in [0.1, 0.15) is 0 Å². The minimum absolute atomic E-state index is 0.434. The monoisotopic (exact) mass is 337 g/mol. The third-order valence-corrected chi connectivity index (χ3v) is 5.54. The molecular weight excluding hydrogens is 322 g/mol. The van der Waals surface area contributed by atoms with Crippen molar-refractivity contribution in [3.8, 4) is 0 Å². The molecule has 1 aromatic carbocycles. The summed E-state index contributed by atoms with van der Waals surface area (Å²) in [4.78, 5) is 4.49. The Morgan fingerprint density at radius 1 is 1.47 bits per heavy atom. The second kappa shape index (κ2) is 4.87. The minimum Gasteiger partial charge on any atom is -0.398 e. The number of rotatable bonds is 4. The molecule has 0 amide bonds. The molecule has 0 unspecified atom stereocenters. The third-order valence-electron chi connectivity index (χ3n) is 3.69. The van der Waals surface area contributed by atoms with Crippen molar-refractivity contribution in [3.05, 3.63) is 28.9 Å². The number of hydrogen-bond donors (Lipinski definition) is 2. The number of pyridine rings is 1. The largest absolute Gasteiger partial charge is 0.398 e. The van der Waals surface area contributed by atoms with E-state index in [1.807, 2.05) is 36.2 Å². The third kappa shape index (κ3) is 2.54. The quantitative estimate of drug-likeness (QED) is 0.831. The van der Waals surface area contributed by atoms with E-state index in [0.717, 1.165) is 33.3 Å². The van der Waals surface area contributed by atoms with E-state index in [9.17, 15) is 0 Å². The lowest BCUT2D eigenvalue weighted by Crippen LogP contribution is -2.17. The van der Waals surface area contributed by atoms with Gasteiger partial charge in [0.2, 0.25) is 0 Å². The summed E-state index contributed by atoms with van der Waals surface area (Å²) >= 11 is 5.39. The van der Waals surface area contributed by atoms with Gasteiger partial charge >= 0.3 is 0 Å². The van der Waals surface area contributed by atoms with Crippen LogP contribution in [0.3, 0.4) is 0 Å². The summed E-state index contributed by atoms with van der Waals surface area (Å²) in [6, 6.07) is 5.98. The molecule has 100 valence electrons. The highest BCUT2D eigenvalue weighted by Crippen LogP contribution is 2.47. The first-order chi connectivity index (χ1) is 9.13. The van der Waals surface area contributed by atoms with E-state index in [0.29, 0.717) is 4.75 Å². The van der Waals surface area contributed by atoms with Crippen LogP contribution in [-0.2, 0) is 0 Å². The molecule has 1 aliphatic carbocycles. The van der Waals surface area contributed by atoms with Crippen LogP contribution in [0.15, 0.2) is 28.9 Å². The summed E-state index contributed by atoms with van der Waals surface area (Å²) in [5, 5.41) is 4.53. The van der Waals surface area contributed by atoms with Crippen molar-refractivity contribution >= 4 is 50.0 Å². The van der Waals surface area contributed by atoms with Gasteiger partial charge in [0.15, 0.2) is 0 Å². The molecule has 0 aliphatic heterocycles. The highest BCUT2D eigenvalue weighted by molar-refractivity contribution is 9.10. The Morgan fingerprint density at radius 2 is 2.26 bits per heavy atom. The van der Waals surface area contributed by atoms with Crippen LogP contribution in [0.25, 0.3) is 10.9 Å². The maximum absolute atomic E-state index is 6.02. The summed E-state index contributed by atoms with van der Waals surface area (Å²) in [7, 11) is 0. The van der Waals surface area contributed by atoms with Gasteiger partial charge in [-0.25, -0.2) is 0 Å². The zero-order chi connectivity index (χ0) is 13.5. The number of fused-ring (bicyclic) bond motifs is 1. The van der Waals surface area contributed by atoms with Gasteiger partial charge in [-0.15, -0.1) is 0 Å². The molecular formula is C14H16BrN3S. The fourth-order valence-corrected chi connectivity index (χ4v) is 3.27. The van der Waals surface area contributed by atoms with Crippen LogP contribution in [0.2, 0.25) is 0 Å². The second-order valence-electron chi connectivity index (χ2n) is 4.99. The number of nitrogens with two attached hydrogens (primary N) is 1. The Kier molecular flexibility index (Phi) is 3.35. The molecule has 1 aliphatic rings. The number of aromatic nitrogens is 1. The first kappa shape index (κ1) is 13.1. The molecule has 0 radical (unpaired) electrons. The van der Waals surface area contributed by atoms with Crippen molar-refractivity contribution in [1.82, 2.24) is 4.98 Å². The van der Waals surface area contributed by atoms with Crippen LogP contribution >= 0.6 is 27.7 Å². The van der Waals surface area contributed by atoms with Gasteiger partial charge in [-0.2, -0.15) is 11.8 Å². The Hall–Kier alpha value is -0.940. The smallest absolute Gasteiger partial charge is 0.0954 e. The number of halogens is 1. The van der Waals surface area contributed by atoms with Gasteiger partial charge in [0.25, 0.3) is 0 Å². The normalized spacial score (nSPS) is 16.5. The zero-order valence-corrected chi connectivity index (χ0v) is 13.1. The minimum atomic E-state index is 0.434. The Bertz CT molecular complexity index is 625. The highest BCUT2D eigenvalue weighted by Gasteiger charge is 2.41. The van der Waals surface area contributed by atoms with Crippen LogP contribution in [0.4, 0.5) is 11.4 Å². The van der Waals surface area contributed by atoms with Gasteiger partial charge in [-0.3, -0.25) is 4.98 Å². The Morgan fingerprint density at radius 3 is 2.95 bits per heavy atom. The van der Waals surface area contributed by atoms with E-state index in [-0.39, 0.29) is 0 Å². The summed E-state index contributed by atoms with van der Waals surface area (Å²) in [5.41, 5.74) is 8.80. The average Bonchev–Trinajstić information content (AvgIpc) is 3.19. The van der Waals surface area contributed by atoms with Crippen molar-refractivity contribution < 1.29 is 0 Å². The predicted molar refractivity (Wildman–Crippen MR) is 87.8 cm³/mol. The standard InChI is InChI=1S/C14H16BrN3S/c1-19-14(4-5-14)8-18-12-3-2-11(16)10-6-9(15)7-17-13(10)12/h2-3,6-7,18H,4-5,8,16H2,1H3. The molecule has 3 rings (SSSR count). The zero-order valence-electron chi connectivity index (χ0n) is 10.7. The molecule has 2 aromatic rings. The van der Waals surface area contributed by atoms with Crippen LogP contribution in [0.5, 0.6) is 0 Å². The number of nitrogens with zero attached hydrogens (tertiary/aromatic N) is 1. The number of thioether (sulfide) groups is 1. The molecule has 1 fully saturated rings. The van der Waals surface area contributed by atoms with Crippen LogP contribution in [0.1, 0.15) is 12.8 Å². The molecule has 0 bridgehead atoms. The number of nitrogens with one attached hydrogen (secondary N) is 1. The SMILES string of the molecule is CSC1(CNc2ccc(N)c3cc(Br)cnc23)CC1. The van der Waals surface area contributed by atoms with Gasteiger partial charge in [-0.1, -0.05) is 0 Å². The van der Waals surface area contributed by atoms with E-state index in [2.05, 4.69) is 32.5 Å². The number of nitrogen functional groups attached to an aromatic ring is 1. The van der Waals surface area contributed by atoms with Crippen molar-refractivity contribution in [1.29, 1.82) is 0 Å². The first-order valence-electron chi connectivity index (χ1n) is 6.26. The molecule has 1 aromatic heterocycles. The number of hydrogen-bond acceptors (Lipinski definition) is 4. The fraction of sp³-hybridized carbons (Fsp3) is 0.357. The van der Waals surface area contributed by atoms with Crippen molar-refractivity contribution in [2.75, 3.05) is 23.9 Å². The Labute approximate surface area is 125 Å². The van der Waals surface area contributed by atoms with Crippen molar-refractivity contribution in [2.24, 2.45) is 0 Å². The molecule has 3 nitrogen and oxygen atoms in total. The van der Waals surface area contributed by atoms with E-state index in [1.165, 1.54) is 12.8 Å². The topological polar surface area (TPSA) is 50.9 Å². The maximum Gasteiger partial charge on any atom is 0.0954 e. The van der Waals surface area contributed by atoms with E-state index < -0.39 is 0 Å². The second-order valence-corrected chi connectivity index (χ2v) is 7.18. The molecule has 3 N–H and O–H groups in total. The fourth-order valence-electron chi connectivity index (χ4n) is 2.21. The molecule has 1 heterocycles. The summed E-state index contributed by atoms with van der Waals surface area (Å²) in [6.45, 7) is 0.991. The molecule has 0 saturated heterocycles. The van der Waals surface area contributed by atoms with Gasteiger partial charge < -0.3 is 11.1 Å². The van der Waals surface area contributed by atoms with Crippen molar-refractivity contribution in [3.63, 3.8) is 0 Å². The van der Waals surface area contributed by atoms with Gasteiger partial charge in [-0.05, 0) is 53.2 Å². The van der Waals surface area contributed by atoms with E-state index >= 15 is 0 Å². The van der Waals surface area contributed by atoms with Crippen LogP contribution in [-0.4, -0.2) is 22.5 Å². The number of benzene rings is 1. The van der Waals surface area contributed by atoms with Gasteiger partial charge in [0.05, 0.1) is 11.2 Å². The summed E-state index contributed by atoms with van der Waals surface area (Å²) in [6.07, 6.45) is 6.60. The predicted octanol–water partition coefficient (Wildman–Crippen LogP) is 3.89. The molecule has 19 heavy (non-hydrogen) atoms. The lowest BCUT2D eigenvalue weighted by molar-refractivity contribution is 0.950. The van der Waals surface area contributed by atoms with Crippen LogP contribution < -0.4 is 11.1 Å². The highest BCUT2D eigenvalue weighted by atomic mass is 79.9. The van der Waals surface area contributed by atoms with Crippen LogP contribution in [0, 0.1) is 0 Å². The van der Waals surface area contributed by atoms with Gasteiger partial charge in [0, 0.05) is 33.0 Å². The lowest BCUT2D eigenvalue weighted by atomic mass is 10.1. The Balaban J connectivity index is 1.93. The lowest BCUT2D eigenvalue weighted by Gasteiger charge is -2.16. The molecule has 5 heteroatoms. The molecule has 0 spiro atoms. The first-order valence-corrected chi connectivity index (χ1v) is 8.28. The summed E-state index contributed by atoms with van der Waals surface area (Å²) < 4.78 is 1.38. The number of anilines is 2. The summed E-state index contributed by atoms with van der Waals surface area (Å²) in [5.74, 6) is 0. The maximum atomic E-state index is 6.02. The van der Waals surface area contributed by atoms with Crippen molar-refractivity contribution in [2.45, 2.75) is 17.6 Å². The van der Waals surface area contributed by atoms with E-state index in [4.69, 9.17) is 5.73 Å². The molecule has 0 atom stereocenters. The molecule has 1 saturated carbocycles.